The average Bonchev–Trinajstić information content (AvgIpc) is 2.88. The molecule has 3 rings (SSSR count). The molecule has 112 valence electrons. The number of benzene rings is 1. The Morgan fingerprint density at radius 1 is 1.10 bits per heavy atom. The minimum Gasteiger partial charge on any atom is -0.508 e. The van der Waals surface area contributed by atoms with Gasteiger partial charge >= 0.3 is 0 Å². The summed E-state index contributed by atoms with van der Waals surface area (Å²) in [6, 6.07) is 6.81. The van der Waals surface area contributed by atoms with Crippen molar-refractivity contribution in [2.75, 3.05) is 6.54 Å². The molecule has 2 aromatic rings. The molecule has 1 fully saturated rings. The number of rotatable bonds is 3. The number of hydrogen-bond donors (Lipinski definition) is 2. The Hall–Kier alpha value is -1.88. The van der Waals surface area contributed by atoms with Gasteiger partial charge in [-0.25, -0.2) is 0 Å². The van der Waals surface area contributed by atoms with Crippen LogP contribution in [0.2, 0.25) is 0 Å². The monoisotopic (exact) mass is 287 g/mol. The summed E-state index contributed by atoms with van der Waals surface area (Å²) in [5.41, 5.74) is 6.72. The molecule has 0 unspecified atom stereocenters. The van der Waals surface area contributed by atoms with Crippen LogP contribution in [0.15, 0.2) is 28.8 Å². The molecule has 1 aromatic heterocycles. The Morgan fingerprint density at radius 2 is 1.76 bits per heavy atom. The van der Waals surface area contributed by atoms with E-state index in [4.69, 9.17) is 10.3 Å². The zero-order valence-corrected chi connectivity index (χ0v) is 12.1. The molecule has 1 saturated carbocycles. The van der Waals surface area contributed by atoms with Crippen molar-refractivity contribution >= 4 is 0 Å². The molecule has 5 heteroatoms. The molecular formula is C16H21N3O2. The number of hydrogen-bond acceptors (Lipinski definition) is 5. The van der Waals surface area contributed by atoms with E-state index in [-0.39, 0.29) is 11.2 Å². The lowest BCUT2D eigenvalue weighted by Crippen LogP contribution is -2.35. The van der Waals surface area contributed by atoms with Crippen LogP contribution in [0.3, 0.4) is 0 Å². The summed E-state index contributed by atoms with van der Waals surface area (Å²) in [7, 11) is 0. The Bertz CT molecular complexity index is 584. The van der Waals surface area contributed by atoms with Gasteiger partial charge in [-0.05, 0) is 37.1 Å². The summed E-state index contributed by atoms with van der Waals surface area (Å²) in [4.78, 5) is 4.58. The highest BCUT2D eigenvalue weighted by Crippen LogP contribution is 2.37. The SMILES string of the molecule is NCC1(c2nc(-c3ccc(O)cc3)no2)CCCCCC1. The molecule has 0 amide bonds. The molecule has 0 radical (unpaired) electrons. The molecule has 3 N–H and O–H groups in total. The molecular weight excluding hydrogens is 266 g/mol. The second-order valence-corrected chi connectivity index (χ2v) is 5.87. The third kappa shape index (κ3) is 2.78. The second kappa shape index (κ2) is 5.85. The van der Waals surface area contributed by atoms with Crippen molar-refractivity contribution in [1.82, 2.24) is 10.1 Å². The molecule has 1 aromatic carbocycles. The van der Waals surface area contributed by atoms with Crippen molar-refractivity contribution in [2.24, 2.45) is 5.73 Å². The van der Waals surface area contributed by atoms with Crippen LogP contribution in [0.1, 0.15) is 44.4 Å². The molecule has 0 atom stereocenters. The zero-order chi connectivity index (χ0) is 14.7. The quantitative estimate of drug-likeness (QED) is 0.848. The highest BCUT2D eigenvalue weighted by atomic mass is 16.5. The van der Waals surface area contributed by atoms with Crippen molar-refractivity contribution in [3.8, 4) is 17.1 Å². The predicted molar refractivity (Wildman–Crippen MR) is 79.8 cm³/mol. The van der Waals surface area contributed by atoms with Gasteiger partial charge in [0.15, 0.2) is 0 Å². The minimum atomic E-state index is -0.168. The van der Waals surface area contributed by atoms with E-state index < -0.39 is 0 Å². The van der Waals surface area contributed by atoms with Crippen LogP contribution in [0.25, 0.3) is 11.4 Å². The largest absolute Gasteiger partial charge is 0.508 e. The lowest BCUT2D eigenvalue weighted by atomic mass is 9.80. The fourth-order valence-corrected chi connectivity index (χ4v) is 3.08. The van der Waals surface area contributed by atoms with E-state index in [1.807, 2.05) is 0 Å². The lowest BCUT2D eigenvalue weighted by molar-refractivity contribution is 0.257. The zero-order valence-electron chi connectivity index (χ0n) is 12.1. The summed E-state index contributed by atoms with van der Waals surface area (Å²) < 4.78 is 5.53. The van der Waals surface area contributed by atoms with Crippen molar-refractivity contribution in [3.05, 3.63) is 30.2 Å². The maximum atomic E-state index is 9.34. The van der Waals surface area contributed by atoms with Gasteiger partial charge in [-0.15, -0.1) is 0 Å². The number of aromatic nitrogens is 2. The summed E-state index contributed by atoms with van der Waals surface area (Å²) >= 11 is 0. The topological polar surface area (TPSA) is 85.2 Å². The van der Waals surface area contributed by atoms with Crippen molar-refractivity contribution in [2.45, 2.75) is 43.9 Å². The Balaban J connectivity index is 1.90. The van der Waals surface area contributed by atoms with Crippen LogP contribution < -0.4 is 5.73 Å². The predicted octanol–water partition coefficient (Wildman–Crippen LogP) is 2.99. The highest BCUT2D eigenvalue weighted by molar-refractivity contribution is 5.55. The summed E-state index contributed by atoms with van der Waals surface area (Å²) in [6.45, 7) is 0.546. The van der Waals surface area contributed by atoms with E-state index >= 15 is 0 Å². The number of phenolic OH excluding ortho intramolecular Hbond substituents is 1. The van der Waals surface area contributed by atoms with Crippen LogP contribution in [0.5, 0.6) is 5.75 Å². The van der Waals surface area contributed by atoms with Crippen molar-refractivity contribution in [1.29, 1.82) is 0 Å². The molecule has 5 nitrogen and oxygen atoms in total. The van der Waals surface area contributed by atoms with E-state index in [0.717, 1.165) is 31.2 Å². The van der Waals surface area contributed by atoms with Gasteiger partial charge < -0.3 is 15.4 Å². The molecule has 1 aliphatic rings. The van der Waals surface area contributed by atoms with Gasteiger partial charge in [-0.1, -0.05) is 30.8 Å². The van der Waals surface area contributed by atoms with Gasteiger partial charge in [-0.2, -0.15) is 4.98 Å². The number of nitrogens with two attached hydrogens (primary N) is 1. The van der Waals surface area contributed by atoms with Gasteiger partial charge in [0.05, 0.1) is 5.41 Å². The molecule has 21 heavy (non-hydrogen) atoms. The Labute approximate surface area is 124 Å². The fraction of sp³-hybridized carbons (Fsp3) is 0.500. The Kier molecular flexibility index (Phi) is 3.92. The number of phenols is 1. The third-order valence-corrected chi connectivity index (χ3v) is 4.46. The van der Waals surface area contributed by atoms with Gasteiger partial charge in [0, 0.05) is 12.1 Å². The van der Waals surface area contributed by atoms with E-state index in [1.165, 1.54) is 12.8 Å². The first-order valence-corrected chi connectivity index (χ1v) is 7.57. The smallest absolute Gasteiger partial charge is 0.234 e. The van der Waals surface area contributed by atoms with Crippen molar-refractivity contribution < 1.29 is 9.63 Å². The van der Waals surface area contributed by atoms with Crippen LogP contribution >= 0.6 is 0 Å². The number of aromatic hydroxyl groups is 1. The van der Waals surface area contributed by atoms with Gasteiger partial charge in [0.2, 0.25) is 11.7 Å². The van der Waals surface area contributed by atoms with Crippen molar-refractivity contribution in [3.63, 3.8) is 0 Å². The number of nitrogens with zero attached hydrogens (tertiary/aromatic N) is 2. The first-order valence-electron chi connectivity index (χ1n) is 7.57. The third-order valence-electron chi connectivity index (χ3n) is 4.46. The van der Waals surface area contributed by atoms with Crippen LogP contribution in [-0.4, -0.2) is 21.8 Å². The van der Waals surface area contributed by atoms with E-state index in [0.29, 0.717) is 18.3 Å². The van der Waals surface area contributed by atoms with Crippen LogP contribution in [-0.2, 0) is 5.41 Å². The fourth-order valence-electron chi connectivity index (χ4n) is 3.08. The normalized spacial score (nSPS) is 18.3. The maximum absolute atomic E-state index is 9.34. The van der Waals surface area contributed by atoms with Gasteiger partial charge in [0.25, 0.3) is 0 Å². The van der Waals surface area contributed by atoms with E-state index in [9.17, 15) is 5.11 Å². The second-order valence-electron chi connectivity index (χ2n) is 5.87. The first kappa shape index (κ1) is 14.1. The minimum absolute atomic E-state index is 0.168. The van der Waals surface area contributed by atoms with Gasteiger partial charge in [-0.3, -0.25) is 0 Å². The highest BCUT2D eigenvalue weighted by Gasteiger charge is 2.37. The summed E-state index contributed by atoms with van der Waals surface area (Å²) in [6.07, 6.45) is 6.85. The molecule has 0 spiro atoms. The van der Waals surface area contributed by atoms with Gasteiger partial charge in [0.1, 0.15) is 5.75 Å². The Morgan fingerprint density at radius 3 is 2.38 bits per heavy atom. The first-order chi connectivity index (χ1) is 10.2. The molecule has 1 aliphatic carbocycles. The van der Waals surface area contributed by atoms with E-state index in [1.54, 1.807) is 24.3 Å². The summed E-state index contributed by atoms with van der Waals surface area (Å²) in [5.74, 6) is 1.45. The van der Waals surface area contributed by atoms with Crippen LogP contribution in [0, 0.1) is 0 Å². The maximum Gasteiger partial charge on any atom is 0.234 e. The molecule has 1 heterocycles. The molecule has 0 aliphatic heterocycles. The van der Waals surface area contributed by atoms with Crippen LogP contribution in [0.4, 0.5) is 0 Å². The molecule has 0 bridgehead atoms. The lowest BCUT2D eigenvalue weighted by Gasteiger charge is -2.26. The van der Waals surface area contributed by atoms with E-state index in [2.05, 4.69) is 10.1 Å². The summed E-state index contributed by atoms with van der Waals surface area (Å²) in [5, 5.41) is 13.4. The average molecular weight is 287 g/mol. The standard InChI is InChI=1S/C16H21N3O2/c17-11-16(9-3-1-2-4-10-16)15-18-14(19-21-15)12-5-7-13(20)8-6-12/h5-8,20H,1-4,9-11,17H2. The molecule has 0 saturated heterocycles.